The van der Waals surface area contributed by atoms with Crippen LogP contribution >= 0.6 is 0 Å². The van der Waals surface area contributed by atoms with Gasteiger partial charge in [0.05, 0.1) is 18.1 Å². The molecule has 1 amide bonds. The zero-order valence-corrected chi connectivity index (χ0v) is 15.8. The van der Waals surface area contributed by atoms with Gasteiger partial charge in [0.15, 0.2) is 0 Å². The summed E-state index contributed by atoms with van der Waals surface area (Å²) in [4.78, 5) is 38.0. The molecule has 1 N–H and O–H groups in total. The molecular formula is C22H24N2O4. The number of carbonyl (C=O) groups is 3. The fourth-order valence-electron chi connectivity index (χ4n) is 3.60. The number of ketones is 1. The quantitative estimate of drug-likeness (QED) is 0.748. The smallest absolute Gasteiger partial charge is 0.407 e. The van der Waals surface area contributed by atoms with Crippen molar-refractivity contribution < 1.29 is 19.1 Å². The lowest BCUT2D eigenvalue weighted by Gasteiger charge is -2.27. The average molecular weight is 380 g/mol. The minimum Gasteiger partial charge on any atom is -0.445 e. The first-order chi connectivity index (χ1) is 13.6. The maximum Gasteiger partial charge on any atom is 0.407 e. The van der Waals surface area contributed by atoms with Gasteiger partial charge in [-0.2, -0.15) is 0 Å². The van der Waals surface area contributed by atoms with Crippen LogP contribution in [-0.2, 0) is 27.5 Å². The molecule has 2 aromatic carbocycles. The fourth-order valence-corrected chi connectivity index (χ4v) is 3.60. The molecule has 0 spiro atoms. The van der Waals surface area contributed by atoms with Crippen molar-refractivity contribution in [2.45, 2.75) is 44.6 Å². The van der Waals surface area contributed by atoms with Gasteiger partial charge in [0, 0.05) is 6.54 Å². The number of amides is 1. The van der Waals surface area contributed by atoms with Crippen molar-refractivity contribution in [1.29, 1.82) is 0 Å². The van der Waals surface area contributed by atoms with Crippen molar-refractivity contribution in [2.75, 3.05) is 0 Å². The number of nitrogens with one attached hydrogen (secondary N) is 1. The Hall–Kier alpha value is -2.99. The van der Waals surface area contributed by atoms with E-state index in [0.717, 1.165) is 17.4 Å². The number of Topliss-reactive ketones (excluding diaryl/α,β-unsaturated/α-hetero) is 1. The van der Waals surface area contributed by atoms with Crippen LogP contribution in [0.15, 0.2) is 60.7 Å². The number of alkyl carbamates (subject to hydrolysis) is 1. The van der Waals surface area contributed by atoms with Crippen molar-refractivity contribution in [3.8, 4) is 0 Å². The lowest BCUT2D eigenvalue weighted by molar-refractivity contribution is -0.122. The summed E-state index contributed by atoms with van der Waals surface area (Å²) in [6, 6.07) is 17.5. The molecule has 28 heavy (non-hydrogen) atoms. The Labute approximate surface area is 164 Å². The van der Waals surface area contributed by atoms with Crippen molar-refractivity contribution in [1.82, 2.24) is 10.2 Å². The van der Waals surface area contributed by atoms with Crippen molar-refractivity contribution in [3.63, 3.8) is 0 Å². The second-order valence-electron chi connectivity index (χ2n) is 6.96. The molecule has 6 heteroatoms. The summed E-state index contributed by atoms with van der Waals surface area (Å²) in [5.41, 5.74) is 1.89. The van der Waals surface area contributed by atoms with Crippen molar-refractivity contribution in [3.05, 3.63) is 71.8 Å². The lowest BCUT2D eigenvalue weighted by atomic mass is 10.1. The number of carbonyl (C=O) groups excluding carboxylic acids is 3. The van der Waals surface area contributed by atoms with E-state index in [1.54, 1.807) is 0 Å². The van der Waals surface area contributed by atoms with E-state index >= 15 is 0 Å². The van der Waals surface area contributed by atoms with E-state index in [1.165, 1.54) is 6.92 Å². The van der Waals surface area contributed by atoms with Gasteiger partial charge in [0.1, 0.15) is 18.7 Å². The van der Waals surface area contributed by atoms with Crippen LogP contribution in [0.25, 0.3) is 0 Å². The van der Waals surface area contributed by atoms with E-state index in [2.05, 4.69) is 5.32 Å². The first kappa shape index (κ1) is 19.8. The van der Waals surface area contributed by atoms with Gasteiger partial charge in [0.2, 0.25) is 0 Å². The Morgan fingerprint density at radius 1 is 1.07 bits per heavy atom. The molecule has 3 atom stereocenters. The minimum absolute atomic E-state index is 0.0234. The second kappa shape index (κ2) is 9.28. The van der Waals surface area contributed by atoms with Gasteiger partial charge in [-0.25, -0.2) is 4.79 Å². The van der Waals surface area contributed by atoms with Crippen LogP contribution in [0, 0.1) is 0 Å². The molecule has 0 bridgehead atoms. The fraction of sp³-hybridized carbons (Fsp3) is 0.318. The molecule has 146 valence electrons. The van der Waals surface area contributed by atoms with Gasteiger partial charge in [-0.3, -0.25) is 9.69 Å². The second-order valence-corrected chi connectivity index (χ2v) is 6.96. The van der Waals surface area contributed by atoms with Crippen LogP contribution in [0.3, 0.4) is 0 Å². The Morgan fingerprint density at radius 2 is 1.68 bits per heavy atom. The molecule has 1 aliphatic heterocycles. The monoisotopic (exact) mass is 380 g/mol. The lowest BCUT2D eigenvalue weighted by Crippen LogP contribution is -2.47. The highest BCUT2D eigenvalue weighted by molar-refractivity contribution is 5.83. The third-order valence-corrected chi connectivity index (χ3v) is 5.01. The van der Waals surface area contributed by atoms with Crippen LogP contribution < -0.4 is 5.32 Å². The van der Waals surface area contributed by atoms with Crippen LogP contribution in [0.5, 0.6) is 0 Å². The van der Waals surface area contributed by atoms with E-state index in [-0.39, 0.29) is 12.4 Å². The number of aldehydes is 1. The SMILES string of the molecule is CC(=O)C1CC(NC(=O)OCc2ccccc2)C(C=O)N1Cc1ccccc1. The topological polar surface area (TPSA) is 75.7 Å². The number of hydrogen-bond donors (Lipinski definition) is 1. The normalized spacial score (nSPS) is 21.8. The standard InChI is InChI=1S/C22H24N2O4/c1-16(26)20-12-19(23-22(27)28-15-18-10-6-3-7-11-18)21(14-25)24(20)13-17-8-4-2-5-9-17/h2-11,14,19-21H,12-13,15H2,1H3,(H,23,27). The van der Waals surface area contributed by atoms with Gasteiger partial charge in [-0.15, -0.1) is 0 Å². The number of rotatable bonds is 7. The van der Waals surface area contributed by atoms with E-state index in [1.807, 2.05) is 65.6 Å². The predicted molar refractivity (Wildman–Crippen MR) is 104 cm³/mol. The maximum atomic E-state index is 12.2. The summed E-state index contributed by atoms with van der Waals surface area (Å²) in [7, 11) is 0. The van der Waals surface area contributed by atoms with Crippen LogP contribution in [0.1, 0.15) is 24.5 Å². The average Bonchev–Trinajstić information content (AvgIpc) is 3.05. The predicted octanol–water partition coefficient (Wildman–Crippen LogP) is 2.71. The molecular weight excluding hydrogens is 356 g/mol. The van der Waals surface area contributed by atoms with Crippen molar-refractivity contribution in [2.24, 2.45) is 0 Å². The number of hydrogen-bond acceptors (Lipinski definition) is 5. The number of likely N-dealkylation sites (tertiary alicyclic amines) is 1. The van der Waals surface area contributed by atoms with Gasteiger partial charge >= 0.3 is 6.09 Å². The maximum absolute atomic E-state index is 12.2. The van der Waals surface area contributed by atoms with Crippen molar-refractivity contribution >= 4 is 18.2 Å². The zero-order valence-electron chi connectivity index (χ0n) is 15.8. The number of nitrogens with zero attached hydrogens (tertiary/aromatic N) is 1. The third kappa shape index (κ3) is 4.84. The molecule has 0 aromatic heterocycles. The van der Waals surface area contributed by atoms with Crippen LogP contribution in [0.2, 0.25) is 0 Å². The van der Waals surface area contributed by atoms with Crippen LogP contribution in [0.4, 0.5) is 4.79 Å². The number of ether oxygens (including phenoxy) is 1. The highest BCUT2D eigenvalue weighted by atomic mass is 16.5. The summed E-state index contributed by atoms with van der Waals surface area (Å²) < 4.78 is 5.26. The molecule has 6 nitrogen and oxygen atoms in total. The van der Waals surface area contributed by atoms with E-state index in [0.29, 0.717) is 13.0 Å². The first-order valence-corrected chi connectivity index (χ1v) is 9.31. The van der Waals surface area contributed by atoms with E-state index in [9.17, 15) is 14.4 Å². The summed E-state index contributed by atoms with van der Waals surface area (Å²) in [5.74, 6) is -0.0234. The molecule has 0 radical (unpaired) electrons. The number of benzene rings is 2. The molecule has 3 rings (SSSR count). The molecule has 0 saturated carbocycles. The molecule has 1 fully saturated rings. The van der Waals surface area contributed by atoms with Crippen LogP contribution in [-0.4, -0.2) is 41.2 Å². The third-order valence-electron chi connectivity index (χ3n) is 5.01. The molecule has 3 unspecified atom stereocenters. The largest absolute Gasteiger partial charge is 0.445 e. The summed E-state index contributed by atoms with van der Waals surface area (Å²) in [6.45, 7) is 2.13. The molecule has 1 heterocycles. The first-order valence-electron chi connectivity index (χ1n) is 9.31. The van der Waals surface area contributed by atoms with E-state index in [4.69, 9.17) is 4.74 Å². The summed E-state index contributed by atoms with van der Waals surface area (Å²) >= 11 is 0. The van der Waals surface area contributed by atoms with Gasteiger partial charge in [-0.05, 0) is 24.5 Å². The highest BCUT2D eigenvalue weighted by Gasteiger charge is 2.43. The summed E-state index contributed by atoms with van der Waals surface area (Å²) in [6.07, 6.45) is 0.588. The molecule has 0 aliphatic carbocycles. The van der Waals surface area contributed by atoms with E-state index < -0.39 is 24.2 Å². The van der Waals surface area contributed by atoms with Gasteiger partial charge in [0.25, 0.3) is 0 Å². The Balaban J connectivity index is 1.66. The Morgan fingerprint density at radius 3 is 2.25 bits per heavy atom. The Kier molecular flexibility index (Phi) is 6.55. The molecule has 2 aromatic rings. The molecule has 1 aliphatic rings. The van der Waals surface area contributed by atoms with Gasteiger partial charge < -0.3 is 14.8 Å². The molecule has 1 saturated heterocycles. The summed E-state index contributed by atoms with van der Waals surface area (Å²) in [5, 5.41) is 2.76. The highest BCUT2D eigenvalue weighted by Crippen LogP contribution is 2.27. The minimum atomic E-state index is -0.593. The van der Waals surface area contributed by atoms with Gasteiger partial charge in [-0.1, -0.05) is 60.7 Å². The zero-order chi connectivity index (χ0) is 19.9. The Bertz CT molecular complexity index is 810.